The summed E-state index contributed by atoms with van der Waals surface area (Å²) in [5, 5.41) is 14.8. The van der Waals surface area contributed by atoms with E-state index in [0.29, 0.717) is 5.95 Å². The van der Waals surface area contributed by atoms with Crippen molar-refractivity contribution in [3.05, 3.63) is 30.7 Å². The van der Waals surface area contributed by atoms with Gasteiger partial charge in [0.2, 0.25) is 11.9 Å². The van der Waals surface area contributed by atoms with E-state index < -0.39 is 0 Å². The summed E-state index contributed by atoms with van der Waals surface area (Å²) in [6.45, 7) is 1.57. The number of aromatic nitrogens is 6. The molecular weight excluding hydrogens is 394 g/mol. The van der Waals surface area contributed by atoms with E-state index in [1.165, 1.54) is 0 Å². The Labute approximate surface area is 178 Å². The zero-order chi connectivity index (χ0) is 21.4. The van der Waals surface area contributed by atoms with E-state index in [4.69, 9.17) is 15.0 Å². The number of fused-ring (bicyclic) bond motifs is 2. The molecule has 0 bridgehead atoms. The highest BCUT2D eigenvalue weighted by Gasteiger charge is 2.23. The predicted molar refractivity (Wildman–Crippen MR) is 119 cm³/mol. The third-order valence-electron chi connectivity index (χ3n) is 5.77. The lowest BCUT2D eigenvalue weighted by molar-refractivity contribution is -0.119. The number of nitrogens with zero attached hydrogens (tertiary/aromatic N) is 5. The van der Waals surface area contributed by atoms with Gasteiger partial charge >= 0.3 is 0 Å². The lowest BCUT2D eigenvalue weighted by Gasteiger charge is -2.29. The van der Waals surface area contributed by atoms with Gasteiger partial charge in [0.05, 0.1) is 17.3 Å². The molecule has 0 unspecified atom stereocenters. The topological polar surface area (TPSA) is 125 Å². The Morgan fingerprint density at radius 2 is 1.94 bits per heavy atom. The summed E-state index contributed by atoms with van der Waals surface area (Å²) in [6, 6.07) is 4.35. The Bertz CT molecular complexity index is 1240. The fourth-order valence-corrected chi connectivity index (χ4v) is 4.30. The molecule has 31 heavy (non-hydrogen) atoms. The lowest BCUT2D eigenvalue weighted by Crippen LogP contribution is -2.39. The standard InChI is InChI=1S/C21H25N9O/c1-12(31)25-13-3-5-14(6-4-13)26-21-28-19(22-2)18-15(11-23-20(18)29-21)16-8-10-30-17(27-16)7-9-24-30/h7-11,13-14H,3-6H2,1-2H3,(H,25,31)(H3,22,23,26,28,29). The van der Waals surface area contributed by atoms with Crippen molar-refractivity contribution >= 4 is 34.4 Å². The molecule has 5 rings (SSSR count). The molecule has 0 aromatic carbocycles. The van der Waals surface area contributed by atoms with E-state index in [0.717, 1.165) is 59.4 Å². The van der Waals surface area contributed by atoms with E-state index in [-0.39, 0.29) is 18.0 Å². The number of nitrogens with one attached hydrogen (secondary N) is 4. The van der Waals surface area contributed by atoms with E-state index >= 15 is 0 Å². The first-order valence-electron chi connectivity index (χ1n) is 10.5. The summed E-state index contributed by atoms with van der Waals surface area (Å²) in [5.41, 5.74) is 3.30. The molecule has 4 aromatic heterocycles. The number of carbonyl (C=O) groups excluding carboxylic acids is 1. The van der Waals surface area contributed by atoms with Gasteiger partial charge in [0.15, 0.2) is 5.65 Å². The second kappa shape index (κ2) is 7.86. The van der Waals surface area contributed by atoms with Crippen LogP contribution in [0.1, 0.15) is 32.6 Å². The Hall–Kier alpha value is -3.69. The Balaban J connectivity index is 1.40. The largest absolute Gasteiger partial charge is 0.372 e. The predicted octanol–water partition coefficient (Wildman–Crippen LogP) is 2.57. The molecule has 0 spiro atoms. The normalized spacial score (nSPS) is 18.9. The van der Waals surface area contributed by atoms with Crippen LogP contribution in [-0.4, -0.2) is 54.6 Å². The van der Waals surface area contributed by atoms with Gasteiger partial charge in [0, 0.05) is 50.1 Å². The lowest BCUT2D eigenvalue weighted by atomic mass is 9.91. The van der Waals surface area contributed by atoms with Crippen LogP contribution in [0.4, 0.5) is 11.8 Å². The molecule has 1 aliphatic carbocycles. The molecule has 1 fully saturated rings. The molecule has 0 aliphatic heterocycles. The molecule has 160 valence electrons. The molecule has 4 N–H and O–H groups in total. The van der Waals surface area contributed by atoms with Crippen molar-refractivity contribution in [2.75, 3.05) is 17.7 Å². The Kier molecular flexibility index (Phi) is 4.89. The van der Waals surface area contributed by atoms with E-state index in [1.54, 1.807) is 17.6 Å². The molecule has 1 saturated carbocycles. The number of rotatable bonds is 5. The van der Waals surface area contributed by atoms with E-state index in [1.807, 2.05) is 31.6 Å². The fourth-order valence-electron chi connectivity index (χ4n) is 4.30. The van der Waals surface area contributed by atoms with Crippen LogP contribution in [0, 0.1) is 0 Å². The number of anilines is 2. The minimum Gasteiger partial charge on any atom is -0.372 e. The van der Waals surface area contributed by atoms with Gasteiger partial charge in [0.25, 0.3) is 0 Å². The molecule has 0 radical (unpaired) electrons. The van der Waals surface area contributed by atoms with Crippen molar-refractivity contribution in [3.63, 3.8) is 0 Å². The maximum absolute atomic E-state index is 11.3. The minimum atomic E-state index is 0.0354. The van der Waals surface area contributed by atoms with Crippen LogP contribution in [0.2, 0.25) is 0 Å². The molecule has 1 aliphatic rings. The van der Waals surface area contributed by atoms with E-state index in [2.05, 4.69) is 26.0 Å². The SMILES string of the molecule is CNc1nc(NC2CCC(NC(C)=O)CC2)nc2[nH]cc(-c3ccn4nccc4n3)c12. The van der Waals surface area contributed by atoms with Gasteiger partial charge in [-0.2, -0.15) is 15.1 Å². The van der Waals surface area contributed by atoms with Gasteiger partial charge < -0.3 is 20.9 Å². The maximum Gasteiger partial charge on any atom is 0.226 e. The smallest absolute Gasteiger partial charge is 0.226 e. The van der Waals surface area contributed by atoms with Gasteiger partial charge in [-0.3, -0.25) is 4.79 Å². The summed E-state index contributed by atoms with van der Waals surface area (Å²) in [7, 11) is 1.86. The van der Waals surface area contributed by atoms with Crippen LogP contribution in [-0.2, 0) is 4.79 Å². The minimum absolute atomic E-state index is 0.0354. The van der Waals surface area contributed by atoms with Crippen LogP contribution in [0.3, 0.4) is 0 Å². The maximum atomic E-state index is 11.3. The first kappa shape index (κ1) is 19.3. The quantitative estimate of drug-likeness (QED) is 0.392. The van der Waals surface area contributed by atoms with E-state index in [9.17, 15) is 4.79 Å². The van der Waals surface area contributed by atoms with Crippen LogP contribution in [0.15, 0.2) is 30.7 Å². The molecule has 4 heterocycles. The van der Waals surface area contributed by atoms with Crippen LogP contribution in [0.25, 0.3) is 27.9 Å². The highest BCUT2D eigenvalue weighted by molar-refractivity contribution is 6.00. The molecule has 1 amide bonds. The number of hydrogen-bond acceptors (Lipinski definition) is 7. The van der Waals surface area contributed by atoms with Crippen molar-refractivity contribution in [3.8, 4) is 11.3 Å². The van der Waals surface area contributed by atoms with Crippen molar-refractivity contribution < 1.29 is 4.79 Å². The fraction of sp³-hybridized carbons (Fsp3) is 0.381. The van der Waals surface area contributed by atoms with Crippen molar-refractivity contribution in [1.82, 2.24) is 34.9 Å². The highest BCUT2D eigenvalue weighted by atomic mass is 16.1. The third kappa shape index (κ3) is 3.76. The average molecular weight is 419 g/mol. The summed E-state index contributed by atoms with van der Waals surface area (Å²) in [6.07, 6.45) is 9.37. The zero-order valence-electron chi connectivity index (χ0n) is 17.5. The van der Waals surface area contributed by atoms with Gasteiger partial charge in [-0.15, -0.1) is 0 Å². The van der Waals surface area contributed by atoms with Crippen LogP contribution >= 0.6 is 0 Å². The van der Waals surface area contributed by atoms with Gasteiger partial charge in [-0.25, -0.2) is 9.50 Å². The second-order valence-electron chi connectivity index (χ2n) is 7.91. The first-order chi connectivity index (χ1) is 15.1. The van der Waals surface area contributed by atoms with Gasteiger partial charge in [0.1, 0.15) is 11.5 Å². The summed E-state index contributed by atoms with van der Waals surface area (Å²) in [4.78, 5) is 28.7. The summed E-state index contributed by atoms with van der Waals surface area (Å²) < 4.78 is 1.73. The van der Waals surface area contributed by atoms with Crippen LogP contribution in [0.5, 0.6) is 0 Å². The highest BCUT2D eigenvalue weighted by Crippen LogP contribution is 2.32. The van der Waals surface area contributed by atoms with Crippen molar-refractivity contribution in [2.45, 2.75) is 44.7 Å². The first-order valence-corrected chi connectivity index (χ1v) is 10.5. The molecule has 10 heteroatoms. The number of H-pyrrole nitrogens is 1. The molecule has 0 atom stereocenters. The molecule has 10 nitrogen and oxygen atoms in total. The average Bonchev–Trinajstić information content (AvgIpc) is 3.40. The zero-order valence-corrected chi connectivity index (χ0v) is 17.5. The van der Waals surface area contributed by atoms with Gasteiger partial charge in [-0.1, -0.05) is 0 Å². The van der Waals surface area contributed by atoms with Crippen molar-refractivity contribution in [1.29, 1.82) is 0 Å². The molecule has 4 aromatic rings. The monoisotopic (exact) mass is 419 g/mol. The number of carbonyl (C=O) groups is 1. The molecule has 0 saturated heterocycles. The van der Waals surface area contributed by atoms with Crippen molar-refractivity contribution in [2.24, 2.45) is 0 Å². The third-order valence-corrected chi connectivity index (χ3v) is 5.77. The number of hydrogen-bond donors (Lipinski definition) is 4. The van der Waals surface area contributed by atoms with Crippen LogP contribution < -0.4 is 16.0 Å². The summed E-state index contributed by atoms with van der Waals surface area (Å²) >= 11 is 0. The molecular formula is C21H25N9O. The second-order valence-corrected chi connectivity index (χ2v) is 7.91. The summed E-state index contributed by atoms with van der Waals surface area (Å²) in [5.74, 6) is 1.37. The Morgan fingerprint density at radius 1 is 1.13 bits per heavy atom. The number of amides is 1. The number of aromatic amines is 1. The van der Waals surface area contributed by atoms with Gasteiger partial charge in [-0.05, 0) is 31.7 Å². The Morgan fingerprint density at radius 3 is 2.71 bits per heavy atom.